The van der Waals surface area contributed by atoms with E-state index in [-0.39, 0.29) is 6.61 Å². The maximum atomic E-state index is 11.0. The molecule has 1 heterocycles. The first-order chi connectivity index (χ1) is 22.6. The molecule has 0 bridgehead atoms. The minimum atomic E-state index is -0.713. The van der Waals surface area contributed by atoms with Crippen molar-refractivity contribution in [1.82, 2.24) is 15.2 Å². The lowest BCUT2D eigenvalue weighted by atomic mass is 10.1. The van der Waals surface area contributed by atoms with Gasteiger partial charge in [0, 0.05) is 42.5 Å². The number of nitrogens with zero attached hydrogens (tertiary/aromatic N) is 1. The highest BCUT2D eigenvalue weighted by atomic mass is 16.5. The maximum Gasteiger partial charge on any atom is 0.161 e. The minimum Gasteiger partial charge on any atom is -0.493 e. The van der Waals surface area contributed by atoms with E-state index in [0.29, 0.717) is 74.7 Å². The van der Waals surface area contributed by atoms with E-state index in [9.17, 15) is 10.2 Å². The fourth-order valence-corrected chi connectivity index (χ4v) is 5.38. The molecule has 2 atom stereocenters. The number of nitrogens with one attached hydrogen (secondary N) is 2. The molecule has 0 amide bonds. The number of hydrogen-bond donors (Lipinski definition) is 4. The molecular formula is C36H43N3O7. The second kappa shape index (κ2) is 16.7. The van der Waals surface area contributed by atoms with E-state index in [4.69, 9.17) is 23.7 Å². The molecule has 0 spiro atoms. The zero-order valence-electron chi connectivity index (χ0n) is 26.4. The molecule has 10 heteroatoms. The molecule has 4 N–H and O–H groups in total. The van der Waals surface area contributed by atoms with Gasteiger partial charge >= 0.3 is 0 Å². The van der Waals surface area contributed by atoms with E-state index in [1.807, 2.05) is 84.9 Å². The van der Waals surface area contributed by atoms with Crippen LogP contribution in [-0.2, 0) is 6.54 Å². The van der Waals surface area contributed by atoms with Gasteiger partial charge in [-0.15, -0.1) is 0 Å². The van der Waals surface area contributed by atoms with E-state index in [2.05, 4.69) is 21.3 Å². The number of benzene rings is 4. The van der Waals surface area contributed by atoms with Gasteiger partial charge in [-0.05, 0) is 42.5 Å². The van der Waals surface area contributed by atoms with Gasteiger partial charge in [0.15, 0.2) is 23.0 Å². The predicted octanol–water partition coefficient (Wildman–Crippen LogP) is 4.25. The SMILES string of the molecule is COc1ccccc1OCCNC[C@@H](O)Cn1c2ccccc2c2c(OC[C@@H](O)CNCCOc3ccccc3OC)cccc21. The molecule has 0 aliphatic carbocycles. The third-order valence-electron chi connectivity index (χ3n) is 7.55. The first-order valence-corrected chi connectivity index (χ1v) is 15.5. The summed E-state index contributed by atoms with van der Waals surface area (Å²) >= 11 is 0. The van der Waals surface area contributed by atoms with E-state index >= 15 is 0 Å². The first kappa shape index (κ1) is 32.9. The van der Waals surface area contributed by atoms with Crippen LogP contribution < -0.4 is 34.3 Å². The van der Waals surface area contributed by atoms with Gasteiger partial charge in [-0.2, -0.15) is 0 Å². The van der Waals surface area contributed by atoms with Crippen molar-refractivity contribution in [3.8, 4) is 28.7 Å². The van der Waals surface area contributed by atoms with Gasteiger partial charge in [0.1, 0.15) is 31.7 Å². The Hall–Kier alpha value is -4.48. The van der Waals surface area contributed by atoms with E-state index in [1.54, 1.807) is 14.2 Å². The summed E-state index contributed by atoms with van der Waals surface area (Å²) < 4.78 is 30.5. The fourth-order valence-electron chi connectivity index (χ4n) is 5.38. The summed E-state index contributed by atoms with van der Waals surface area (Å²) in [7, 11) is 3.23. The normalized spacial score (nSPS) is 12.6. The Kier molecular flexibility index (Phi) is 12.0. The lowest BCUT2D eigenvalue weighted by Gasteiger charge is -2.16. The number of hydrogen-bond acceptors (Lipinski definition) is 9. The van der Waals surface area contributed by atoms with Gasteiger partial charge in [-0.25, -0.2) is 0 Å². The number of para-hydroxylation sites is 5. The molecular weight excluding hydrogens is 586 g/mol. The maximum absolute atomic E-state index is 11.0. The third kappa shape index (κ3) is 8.41. The van der Waals surface area contributed by atoms with Crippen LogP contribution in [0, 0.1) is 0 Å². The highest BCUT2D eigenvalue weighted by Crippen LogP contribution is 2.36. The quantitative estimate of drug-likeness (QED) is 0.0996. The van der Waals surface area contributed by atoms with Crippen molar-refractivity contribution in [3.63, 3.8) is 0 Å². The monoisotopic (exact) mass is 629 g/mol. The van der Waals surface area contributed by atoms with Gasteiger partial charge in [-0.1, -0.05) is 48.5 Å². The molecule has 46 heavy (non-hydrogen) atoms. The van der Waals surface area contributed by atoms with Gasteiger partial charge in [0.05, 0.1) is 32.4 Å². The van der Waals surface area contributed by atoms with Crippen LogP contribution in [0.1, 0.15) is 0 Å². The zero-order chi connectivity index (χ0) is 32.1. The van der Waals surface area contributed by atoms with Gasteiger partial charge < -0.3 is 49.1 Å². The van der Waals surface area contributed by atoms with Crippen molar-refractivity contribution in [2.45, 2.75) is 18.8 Å². The molecule has 0 aliphatic rings. The number of aliphatic hydroxyl groups is 2. The number of fused-ring (bicyclic) bond motifs is 3. The average molecular weight is 630 g/mol. The summed E-state index contributed by atoms with van der Waals surface area (Å²) in [6.07, 6.45) is -1.34. The molecule has 0 aliphatic heterocycles. The summed E-state index contributed by atoms with van der Waals surface area (Å²) in [4.78, 5) is 0. The van der Waals surface area contributed by atoms with Crippen LogP contribution >= 0.6 is 0 Å². The summed E-state index contributed by atoms with van der Waals surface area (Å²) in [5.41, 5.74) is 1.96. The fraction of sp³-hybridized carbons (Fsp3) is 0.333. The van der Waals surface area contributed by atoms with Crippen LogP contribution in [0.15, 0.2) is 91.0 Å². The van der Waals surface area contributed by atoms with Crippen molar-refractivity contribution >= 4 is 21.8 Å². The van der Waals surface area contributed by atoms with E-state index in [1.165, 1.54) is 0 Å². The van der Waals surface area contributed by atoms with Crippen LogP contribution in [-0.4, -0.2) is 87.2 Å². The van der Waals surface area contributed by atoms with E-state index in [0.717, 1.165) is 21.8 Å². The van der Waals surface area contributed by atoms with E-state index < -0.39 is 12.2 Å². The number of rotatable bonds is 19. The smallest absolute Gasteiger partial charge is 0.161 e. The molecule has 1 aromatic heterocycles. The van der Waals surface area contributed by atoms with Gasteiger partial charge in [-0.3, -0.25) is 0 Å². The Morgan fingerprint density at radius 1 is 0.587 bits per heavy atom. The van der Waals surface area contributed by atoms with Crippen LogP contribution in [0.4, 0.5) is 0 Å². The largest absolute Gasteiger partial charge is 0.493 e. The highest BCUT2D eigenvalue weighted by molar-refractivity contribution is 6.11. The second-order valence-corrected chi connectivity index (χ2v) is 10.8. The predicted molar refractivity (Wildman–Crippen MR) is 180 cm³/mol. The Morgan fingerprint density at radius 2 is 1.11 bits per heavy atom. The number of aromatic nitrogens is 1. The molecule has 10 nitrogen and oxygen atoms in total. The summed E-state index contributed by atoms with van der Waals surface area (Å²) in [5.74, 6) is 3.43. The standard InChI is InChI=1S/C36H43N3O7/c1-42-31-13-5-7-15-33(31)44-20-18-37-22-26(40)24-39-29-11-4-3-10-28(29)36-30(39)12-9-17-35(36)46-25-27(41)23-38-19-21-45-34-16-8-6-14-32(34)43-2/h3-17,26-27,37-38,40-41H,18-25H2,1-2H3/t26-,27+/m1/s1. The molecule has 244 valence electrons. The van der Waals surface area contributed by atoms with Crippen LogP contribution in [0.25, 0.3) is 21.8 Å². The van der Waals surface area contributed by atoms with Crippen molar-refractivity contribution in [2.24, 2.45) is 0 Å². The van der Waals surface area contributed by atoms with Gasteiger partial charge in [0.2, 0.25) is 0 Å². The number of ether oxygens (including phenoxy) is 5. The second-order valence-electron chi connectivity index (χ2n) is 10.8. The highest BCUT2D eigenvalue weighted by Gasteiger charge is 2.17. The Balaban J connectivity index is 1.13. The summed E-state index contributed by atoms with van der Waals surface area (Å²) in [6, 6.07) is 29.0. The Morgan fingerprint density at radius 3 is 1.74 bits per heavy atom. The van der Waals surface area contributed by atoms with Crippen LogP contribution in [0.5, 0.6) is 28.7 Å². The van der Waals surface area contributed by atoms with Crippen molar-refractivity contribution in [3.05, 3.63) is 91.0 Å². The number of methoxy groups -OCH3 is 2. The van der Waals surface area contributed by atoms with Crippen molar-refractivity contribution in [2.75, 3.05) is 60.2 Å². The average Bonchev–Trinajstić information content (AvgIpc) is 3.41. The molecule has 5 rings (SSSR count). The molecule has 5 aromatic rings. The summed E-state index contributed by atoms with van der Waals surface area (Å²) in [5, 5.41) is 30.1. The van der Waals surface area contributed by atoms with Crippen LogP contribution in [0.2, 0.25) is 0 Å². The lowest BCUT2D eigenvalue weighted by molar-refractivity contribution is 0.106. The topological polar surface area (TPSA) is 116 Å². The van der Waals surface area contributed by atoms with Crippen molar-refractivity contribution in [1.29, 1.82) is 0 Å². The molecule has 0 unspecified atom stereocenters. The third-order valence-corrected chi connectivity index (χ3v) is 7.55. The minimum absolute atomic E-state index is 0.127. The molecule has 0 fully saturated rings. The Bertz CT molecular complexity index is 1670. The zero-order valence-corrected chi connectivity index (χ0v) is 26.4. The Labute approximate surface area is 269 Å². The molecule has 0 radical (unpaired) electrons. The molecule has 4 aromatic carbocycles. The molecule has 0 saturated heterocycles. The lowest BCUT2D eigenvalue weighted by Crippen LogP contribution is -2.33. The van der Waals surface area contributed by atoms with Gasteiger partial charge in [0.25, 0.3) is 0 Å². The van der Waals surface area contributed by atoms with Crippen molar-refractivity contribution < 1.29 is 33.9 Å². The molecule has 0 saturated carbocycles. The summed E-state index contributed by atoms with van der Waals surface area (Å²) in [6.45, 7) is 3.31. The van der Waals surface area contributed by atoms with Crippen LogP contribution in [0.3, 0.4) is 0 Å². The number of aliphatic hydroxyl groups excluding tert-OH is 2. The first-order valence-electron chi connectivity index (χ1n) is 15.5.